The number of amides is 2. The van der Waals surface area contributed by atoms with Crippen molar-refractivity contribution in [1.82, 2.24) is 10.2 Å². The van der Waals surface area contributed by atoms with E-state index >= 15 is 0 Å². The van der Waals surface area contributed by atoms with Crippen LogP contribution in [0.25, 0.3) is 0 Å². The highest BCUT2D eigenvalue weighted by Crippen LogP contribution is 2.18. The lowest BCUT2D eigenvalue weighted by atomic mass is 10.0. The van der Waals surface area contributed by atoms with Crippen LogP contribution in [-0.2, 0) is 22.6 Å². The molecule has 1 N–H and O–H groups in total. The number of rotatable bonds is 7. The molecule has 4 heteroatoms. The number of carbonyl (C=O) groups excluding carboxylic acids is 2. The van der Waals surface area contributed by atoms with E-state index in [1.807, 2.05) is 84.9 Å². The van der Waals surface area contributed by atoms with Gasteiger partial charge in [0, 0.05) is 12.1 Å². The van der Waals surface area contributed by atoms with Crippen LogP contribution in [0.15, 0.2) is 42.5 Å². The molecule has 1 unspecified atom stereocenters. The van der Waals surface area contributed by atoms with Gasteiger partial charge in [0.15, 0.2) is 0 Å². The molecule has 2 amide bonds. The topological polar surface area (TPSA) is 49.4 Å². The van der Waals surface area contributed by atoms with E-state index in [0.717, 1.165) is 27.8 Å². The summed E-state index contributed by atoms with van der Waals surface area (Å²) in [4.78, 5) is 28.3. The summed E-state index contributed by atoms with van der Waals surface area (Å²) < 4.78 is 0. The van der Waals surface area contributed by atoms with Gasteiger partial charge in [0.05, 0.1) is 6.42 Å². The lowest BCUT2D eigenvalue weighted by Gasteiger charge is -2.33. The third kappa shape index (κ3) is 6.72. The predicted molar refractivity (Wildman–Crippen MR) is 123 cm³/mol. The molecule has 0 aromatic heterocycles. The molecule has 0 aliphatic rings. The molecule has 0 aliphatic heterocycles. The molecule has 0 aliphatic carbocycles. The fraction of sp³-hybridized carbons (Fsp3) is 0.462. The predicted octanol–water partition coefficient (Wildman–Crippen LogP) is 4.88. The zero-order valence-corrected chi connectivity index (χ0v) is 19.5. The monoisotopic (exact) mass is 408 g/mol. The average Bonchev–Trinajstić information content (AvgIpc) is 2.60. The zero-order chi connectivity index (χ0) is 22.5. The van der Waals surface area contributed by atoms with Crippen LogP contribution in [0.1, 0.15) is 61.9 Å². The summed E-state index contributed by atoms with van der Waals surface area (Å²) in [6, 6.07) is 13.7. The molecule has 0 heterocycles. The lowest BCUT2D eigenvalue weighted by molar-refractivity contribution is -0.141. The van der Waals surface area contributed by atoms with Crippen LogP contribution in [0.2, 0.25) is 0 Å². The van der Waals surface area contributed by atoms with Crippen LogP contribution in [0.5, 0.6) is 0 Å². The molecule has 0 saturated carbocycles. The van der Waals surface area contributed by atoms with Crippen LogP contribution in [0.3, 0.4) is 0 Å². The van der Waals surface area contributed by atoms with Gasteiger partial charge < -0.3 is 10.2 Å². The molecule has 0 saturated heterocycles. The van der Waals surface area contributed by atoms with Gasteiger partial charge >= 0.3 is 0 Å². The summed E-state index contributed by atoms with van der Waals surface area (Å²) in [6.07, 6.45) is 0.847. The van der Waals surface area contributed by atoms with Crippen molar-refractivity contribution in [2.45, 2.75) is 79.4 Å². The fourth-order valence-corrected chi connectivity index (χ4v) is 3.79. The van der Waals surface area contributed by atoms with Gasteiger partial charge in [-0.25, -0.2) is 0 Å². The number of hydrogen-bond donors (Lipinski definition) is 1. The minimum Gasteiger partial charge on any atom is -0.350 e. The molecule has 0 radical (unpaired) electrons. The normalized spacial score (nSPS) is 12.4. The minimum atomic E-state index is -0.512. The summed E-state index contributed by atoms with van der Waals surface area (Å²) in [7, 11) is 0. The van der Waals surface area contributed by atoms with Gasteiger partial charge in [-0.2, -0.15) is 0 Å². The molecular weight excluding hydrogens is 372 g/mol. The molecule has 2 aromatic carbocycles. The second-order valence-electron chi connectivity index (χ2n) is 9.28. The van der Waals surface area contributed by atoms with Crippen molar-refractivity contribution < 1.29 is 9.59 Å². The van der Waals surface area contributed by atoms with Crippen molar-refractivity contribution in [3.63, 3.8) is 0 Å². The molecule has 2 rings (SSSR count). The number of nitrogens with one attached hydrogen (secondary N) is 1. The Hall–Kier alpha value is -2.62. The smallest absolute Gasteiger partial charge is 0.243 e. The van der Waals surface area contributed by atoms with E-state index < -0.39 is 6.04 Å². The minimum absolute atomic E-state index is 0.0286. The Balaban J connectivity index is 2.36. The summed E-state index contributed by atoms with van der Waals surface area (Å²) in [5.74, 6) is -0.133. The Labute approximate surface area is 181 Å². The summed E-state index contributed by atoms with van der Waals surface area (Å²) >= 11 is 0. The highest BCUT2D eigenvalue weighted by Gasteiger charge is 2.30. The first-order valence-electron chi connectivity index (χ1n) is 10.7. The zero-order valence-electron chi connectivity index (χ0n) is 19.5. The number of nitrogens with zero attached hydrogens (tertiary/aromatic N) is 1. The van der Waals surface area contributed by atoms with E-state index in [1.54, 1.807) is 4.90 Å². The van der Waals surface area contributed by atoms with E-state index in [4.69, 9.17) is 0 Å². The molecule has 0 fully saturated rings. The van der Waals surface area contributed by atoms with Crippen molar-refractivity contribution in [3.8, 4) is 0 Å². The highest BCUT2D eigenvalue weighted by molar-refractivity contribution is 5.88. The van der Waals surface area contributed by atoms with E-state index in [2.05, 4.69) is 11.4 Å². The van der Waals surface area contributed by atoms with Crippen molar-refractivity contribution in [2.75, 3.05) is 0 Å². The van der Waals surface area contributed by atoms with Gasteiger partial charge in [-0.15, -0.1) is 0 Å². The second-order valence-corrected chi connectivity index (χ2v) is 9.28. The van der Waals surface area contributed by atoms with Crippen molar-refractivity contribution >= 4 is 11.8 Å². The molecular formula is C26H36N2O2. The summed E-state index contributed by atoms with van der Waals surface area (Å²) in [5, 5.41) is 3.06. The maximum absolute atomic E-state index is 13.5. The van der Waals surface area contributed by atoms with Crippen molar-refractivity contribution in [2.24, 2.45) is 0 Å². The van der Waals surface area contributed by atoms with Crippen LogP contribution in [0.4, 0.5) is 0 Å². The van der Waals surface area contributed by atoms with E-state index in [9.17, 15) is 9.59 Å². The van der Waals surface area contributed by atoms with E-state index in [0.29, 0.717) is 13.0 Å². The highest BCUT2D eigenvalue weighted by atomic mass is 16.2. The Morgan fingerprint density at radius 1 is 1.00 bits per heavy atom. The maximum atomic E-state index is 13.5. The molecule has 4 nitrogen and oxygen atoms in total. The fourth-order valence-electron chi connectivity index (χ4n) is 3.79. The van der Waals surface area contributed by atoms with Crippen molar-refractivity contribution in [3.05, 3.63) is 70.3 Å². The van der Waals surface area contributed by atoms with Gasteiger partial charge in [0.1, 0.15) is 6.04 Å². The van der Waals surface area contributed by atoms with Crippen LogP contribution < -0.4 is 5.32 Å². The van der Waals surface area contributed by atoms with E-state index in [-0.39, 0.29) is 23.8 Å². The second kappa shape index (κ2) is 9.92. The third-order valence-corrected chi connectivity index (χ3v) is 5.12. The Morgan fingerprint density at radius 3 is 2.13 bits per heavy atom. The number of aryl methyl sites for hydroxylation is 3. The largest absolute Gasteiger partial charge is 0.350 e. The molecule has 1 atom stereocenters. The standard InChI is InChI=1S/C26H36N2O2/c1-8-23(25(30)27-26(5,6)7)28(17-22-12-10-9-11-20(22)4)24(29)16-21-14-18(2)13-19(3)15-21/h9-15,23H,8,16-17H2,1-7H3,(H,27,30). The molecule has 162 valence electrons. The van der Waals surface area contributed by atoms with Crippen LogP contribution in [-0.4, -0.2) is 28.3 Å². The van der Waals surface area contributed by atoms with Gasteiger partial charge in [-0.1, -0.05) is 60.5 Å². The maximum Gasteiger partial charge on any atom is 0.243 e. The number of carbonyl (C=O) groups is 2. The molecule has 0 bridgehead atoms. The Kier molecular flexibility index (Phi) is 7.83. The number of hydrogen-bond acceptors (Lipinski definition) is 2. The van der Waals surface area contributed by atoms with Crippen molar-refractivity contribution in [1.29, 1.82) is 0 Å². The first kappa shape index (κ1) is 23.7. The van der Waals surface area contributed by atoms with Gasteiger partial charge in [0.25, 0.3) is 0 Å². The quantitative estimate of drug-likeness (QED) is 0.710. The summed E-state index contributed by atoms with van der Waals surface area (Å²) in [6.45, 7) is 14.4. The molecule has 0 spiro atoms. The SMILES string of the molecule is CCC(C(=O)NC(C)(C)C)N(Cc1ccccc1C)C(=O)Cc1cc(C)cc(C)c1. The summed E-state index contributed by atoms with van der Waals surface area (Å²) in [5.41, 5.74) is 5.09. The van der Waals surface area contributed by atoms with Gasteiger partial charge in [0.2, 0.25) is 11.8 Å². The molecule has 30 heavy (non-hydrogen) atoms. The Morgan fingerprint density at radius 2 is 1.60 bits per heavy atom. The van der Waals surface area contributed by atoms with Gasteiger partial charge in [-0.3, -0.25) is 9.59 Å². The number of benzene rings is 2. The molecule has 2 aromatic rings. The van der Waals surface area contributed by atoms with Gasteiger partial charge in [-0.05, 0) is 64.7 Å². The van der Waals surface area contributed by atoms with Crippen LogP contribution >= 0.6 is 0 Å². The third-order valence-electron chi connectivity index (χ3n) is 5.12. The average molecular weight is 409 g/mol. The lowest BCUT2D eigenvalue weighted by Crippen LogP contribution is -2.53. The first-order valence-corrected chi connectivity index (χ1v) is 10.7. The van der Waals surface area contributed by atoms with E-state index in [1.165, 1.54) is 0 Å². The first-order chi connectivity index (χ1) is 14.0. The Bertz CT molecular complexity index is 876. The van der Waals surface area contributed by atoms with Crippen LogP contribution in [0, 0.1) is 20.8 Å².